The Labute approximate surface area is 111 Å². The largest absolute Gasteiger partial charge is 0.455 e. The number of unbranched alkanes of at least 4 members (excludes halogenated alkanes) is 1. The van der Waals surface area contributed by atoms with Gasteiger partial charge in [0.05, 0.1) is 5.56 Å². The first-order valence-corrected chi connectivity index (χ1v) is 6.83. The van der Waals surface area contributed by atoms with E-state index in [1.54, 1.807) is 0 Å². The van der Waals surface area contributed by atoms with Crippen molar-refractivity contribution in [2.45, 2.75) is 26.2 Å². The van der Waals surface area contributed by atoms with Crippen LogP contribution < -0.4 is 0 Å². The van der Waals surface area contributed by atoms with Crippen LogP contribution in [0.5, 0.6) is 0 Å². The Balaban J connectivity index is 1.93. The summed E-state index contributed by atoms with van der Waals surface area (Å²) in [6, 6.07) is 8.08. The van der Waals surface area contributed by atoms with Crippen LogP contribution in [0.1, 0.15) is 42.1 Å². The van der Waals surface area contributed by atoms with Crippen LogP contribution in [0.25, 0.3) is 28.0 Å². The summed E-state index contributed by atoms with van der Waals surface area (Å²) in [5.74, 6) is 0.169. The molecule has 0 fully saturated rings. The molecule has 2 bridgehead atoms. The van der Waals surface area contributed by atoms with Crippen LogP contribution in [0, 0.1) is 0 Å². The van der Waals surface area contributed by atoms with E-state index >= 15 is 0 Å². The number of rotatable bonds is 3. The minimum atomic E-state index is 0.169. The molecular weight excluding hydrogens is 236 g/mol. The van der Waals surface area contributed by atoms with E-state index in [-0.39, 0.29) is 5.78 Å². The second kappa shape index (κ2) is 3.70. The minimum absolute atomic E-state index is 0.169. The molecule has 1 aliphatic rings. The van der Waals surface area contributed by atoms with Gasteiger partial charge in [0, 0.05) is 21.9 Å². The lowest BCUT2D eigenvalue weighted by molar-refractivity contribution is 0.103. The number of furan rings is 2. The van der Waals surface area contributed by atoms with Gasteiger partial charge < -0.3 is 4.42 Å². The van der Waals surface area contributed by atoms with Gasteiger partial charge in [0.2, 0.25) is 0 Å². The fourth-order valence-corrected chi connectivity index (χ4v) is 3.03. The number of hydrogen-bond acceptors (Lipinski definition) is 2. The quantitative estimate of drug-likeness (QED) is 0.668. The molecule has 2 nitrogen and oxygen atoms in total. The van der Waals surface area contributed by atoms with Crippen molar-refractivity contribution >= 4 is 33.8 Å². The third-order valence-electron chi connectivity index (χ3n) is 4.00. The van der Waals surface area contributed by atoms with Gasteiger partial charge in [-0.2, -0.15) is 0 Å². The normalized spacial score (nSPS) is 14.6. The molecule has 19 heavy (non-hydrogen) atoms. The number of hydrogen-bond donors (Lipinski definition) is 0. The van der Waals surface area contributed by atoms with Crippen LogP contribution in [0.4, 0.5) is 0 Å². The zero-order chi connectivity index (χ0) is 13.0. The van der Waals surface area contributed by atoms with Crippen molar-refractivity contribution in [3.63, 3.8) is 0 Å². The predicted molar refractivity (Wildman–Crippen MR) is 76.7 cm³/mol. The molecule has 1 aromatic carbocycles. The smallest absolute Gasteiger partial charge is 0.193 e. The molecule has 0 saturated heterocycles. The lowest BCUT2D eigenvalue weighted by atomic mass is 10.0. The first-order valence-electron chi connectivity index (χ1n) is 6.83. The van der Waals surface area contributed by atoms with Gasteiger partial charge in [0.25, 0.3) is 0 Å². The molecule has 0 spiro atoms. The summed E-state index contributed by atoms with van der Waals surface area (Å²) in [6.45, 7) is 2.15. The standard InChI is InChI=1S/C17H14O2/c1-2-3-6-10-9-13-14(15(10)18)17-12-8-5-4-7-11(12)16(13)19-17/h4-5,7-9H,2-3,6H2,1H3. The van der Waals surface area contributed by atoms with Crippen molar-refractivity contribution in [1.29, 1.82) is 0 Å². The van der Waals surface area contributed by atoms with Gasteiger partial charge in [-0.25, -0.2) is 0 Å². The Morgan fingerprint density at radius 2 is 1.84 bits per heavy atom. The molecule has 2 heterocycles. The van der Waals surface area contributed by atoms with Crippen molar-refractivity contribution in [2.24, 2.45) is 0 Å². The molecule has 0 unspecified atom stereocenters. The van der Waals surface area contributed by atoms with E-state index < -0.39 is 0 Å². The van der Waals surface area contributed by atoms with E-state index in [2.05, 4.69) is 13.0 Å². The van der Waals surface area contributed by atoms with E-state index in [0.29, 0.717) is 0 Å². The second-order valence-corrected chi connectivity index (χ2v) is 5.20. The fourth-order valence-electron chi connectivity index (χ4n) is 3.03. The van der Waals surface area contributed by atoms with Gasteiger partial charge in [0.15, 0.2) is 5.78 Å². The Morgan fingerprint density at radius 1 is 1.11 bits per heavy atom. The predicted octanol–water partition coefficient (Wildman–Crippen LogP) is 4.79. The molecule has 0 N–H and O–H groups in total. The Bertz CT molecular complexity index is 820. The number of allylic oxidation sites excluding steroid dienone is 1. The maximum absolute atomic E-state index is 12.5. The minimum Gasteiger partial charge on any atom is -0.455 e. The van der Waals surface area contributed by atoms with Crippen molar-refractivity contribution in [3.05, 3.63) is 41.0 Å². The summed E-state index contributed by atoms with van der Waals surface area (Å²) in [7, 11) is 0. The zero-order valence-corrected chi connectivity index (χ0v) is 10.8. The van der Waals surface area contributed by atoms with E-state index in [1.165, 1.54) is 0 Å². The average molecular weight is 250 g/mol. The molecular formula is C17H14O2. The molecule has 0 amide bonds. The summed E-state index contributed by atoms with van der Waals surface area (Å²) in [4.78, 5) is 12.5. The zero-order valence-electron chi connectivity index (χ0n) is 10.8. The van der Waals surface area contributed by atoms with Gasteiger partial charge in [-0.1, -0.05) is 37.6 Å². The molecule has 4 rings (SSSR count). The van der Waals surface area contributed by atoms with Crippen LogP contribution in [0.15, 0.2) is 34.3 Å². The summed E-state index contributed by atoms with van der Waals surface area (Å²) < 4.78 is 5.83. The Morgan fingerprint density at radius 3 is 2.58 bits per heavy atom. The van der Waals surface area contributed by atoms with Crippen LogP contribution in [-0.2, 0) is 0 Å². The number of carbonyl (C=O) groups excluding carboxylic acids is 1. The van der Waals surface area contributed by atoms with Crippen LogP contribution >= 0.6 is 0 Å². The second-order valence-electron chi connectivity index (χ2n) is 5.20. The van der Waals surface area contributed by atoms with E-state index in [0.717, 1.165) is 57.9 Å². The first kappa shape index (κ1) is 10.8. The van der Waals surface area contributed by atoms with Gasteiger partial charge in [0.1, 0.15) is 11.2 Å². The first-order chi connectivity index (χ1) is 9.31. The Hall–Kier alpha value is -2.09. The number of fused-ring (bicyclic) bond motifs is 8. The van der Waals surface area contributed by atoms with Crippen molar-refractivity contribution < 1.29 is 9.21 Å². The lowest BCUT2D eigenvalue weighted by Crippen LogP contribution is -1.98. The molecule has 0 radical (unpaired) electrons. The highest BCUT2D eigenvalue weighted by molar-refractivity contribution is 6.29. The number of carbonyl (C=O) groups is 1. The van der Waals surface area contributed by atoms with E-state index in [4.69, 9.17) is 4.42 Å². The van der Waals surface area contributed by atoms with Gasteiger partial charge in [-0.15, -0.1) is 0 Å². The van der Waals surface area contributed by atoms with Crippen LogP contribution in [0.2, 0.25) is 0 Å². The number of ketones is 1. The number of benzene rings is 2. The molecule has 3 aromatic rings. The van der Waals surface area contributed by atoms with Gasteiger partial charge >= 0.3 is 0 Å². The summed E-state index contributed by atoms with van der Waals surface area (Å²) in [6.07, 6.45) is 5.08. The summed E-state index contributed by atoms with van der Waals surface area (Å²) in [5, 5.41) is 2.19. The topological polar surface area (TPSA) is 30.2 Å². The molecule has 0 aliphatic heterocycles. The molecule has 0 saturated carbocycles. The maximum Gasteiger partial charge on any atom is 0.193 e. The molecule has 94 valence electrons. The van der Waals surface area contributed by atoms with Crippen molar-refractivity contribution in [2.75, 3.05) is 0 Å². The van der Waals surface area contributed by atoms with E-state index in [9.17, 15) is 4.79 Å². The average Bonchev–Trinajstić information content (AvgIpc) is 3.07. The summed E-state index contributed by atoms with van der Waals surface area (Å²) >= 11 is 0. The highest BCUT2D eigenvalue weighted by Crippen LogP contribution is 2.44. The number of Topliss-reactive ketones (excluding diaryl/α,β-unsaturated/α-hetero) is 1. The van der Waals surface area contributed by atoms with Gasteiger partial charge in [-0.3, -0.25) is 4.79 Å². The van der Waals surface area contributed by atoms with Crippen LogP contribution in [0.3, 0.4) is 0 Å². The highest BCUT2D eigenvalue weighted by Gasteiger charge is 2.32. The van der Waals surface area contributed by atoms with Crippen LogP contribution in [-0.4, -0.2) is 5.78 Å². The van der Waals surface area contributed by atoms with Crippen molar-refractivity contribution in [1.82, 2.24) is 0 Å². The van der Waals surface area contributed by atoms with Gasteiger partial charge in [-0.05, 0) is 18.9 Å². The lowest BCUT2D eigenvalue weighted by Gasteiger charge is -1.99. The fraction of sp³-hybridized carbons (Fsp3) is 0.235. The SMILES string of the molecule is CCCCC1=Cc2c(c3oc2c2ccccc32)C1=O. The monoisotopic (exact) mass is 250 g/mol. The molecule has 2 heteroatoms. The van der Waals surface area contributed by atoms with E-state index in [1.807, 2.05) is 24.3 Å². The highest BCUT2D eigenvalue weighted by atomic mass is 16.3. The third-order valence-corrected chi connectivity index (χ3v) is 4.00. The maximum atomic E-state index is 12.5. The third kappa shape index (κ3) is 1.29. The Kier molecular flexibility index (Phi) is 2.10. The molecule has 2 aromatic heterocycles. The molecule has 0 atom stereocenters. The molecule has 1 aliphatic carbocycles. The summed E-state index contributed by atoms with van der Waals surface area (Å²) in [5.41, 5.74) is 4.39. The van der Waals surface area contributed by atoms with Crippen molar-refractivity contribution in [3.8, 4) is 0 Å².